The van der Waals surface area contributed by atoms with Crippen LogP contribution in [0.1, 0.15) is 32.8 Å². The third-order valence-electron chi connectivity index (χ3n) is 4.41. The Bertz CT molecular complexity index is 962. The first-order valence-electron chi connectivity index (χ1n) is 9.57. The topological polar surface area (TPSA) is 58.2 Å². The summed E-state index contributed by atoms with van der Waals surface area (Å²) in [6, 6.07) is 21.1. The SMILES string of the molecule is Cc1ccc(CCCNC(=O)/C(=C/c2cccs2)NC(=O)c2ccccc2)cc1. The zero-order valence-corrected chi connectivity index (χ0v) is 17.2. The molecule has 3 aromatic rings. The maximum Gasteiger partial charge on any atom is 0.267 e. The molecular formula is C24H24N2O2S. The number of nitrogens with one attached hydrogen (secondary N) is 2. The fourth-order valence-electron chi connectivity index (χ4n) is 2.80. The van der Waals surface area contributed by atoms with Gasteiger partial charge >= 0.3 is 0 Å². The highest BCUT2D eigenvalue weighted by molar-refractivity contribution is 7.10. The van der Waals surface area contributed by atoms with Crippen LogP contribution in [-0.2, 0) is 11.2 Å². The second-order valence-corrected chi connectivity index (χ2v) is 7.72. The molecule has 0 atom stereocenters. The second kappa shape index (κ2) is 10.4. The van der Waals surface area contributed by atoms with Crippen molar-refractivity contribution in [3.8, 4) is 0 Å². The molecule has 29 heavy (non-hydrogen) atoms. The molecule has 0 saturated heterocycles. The molecule has 0 spiro atoms. The highest BCUT2D eigenvalue weighted by atomic mass is 32.1. The molecule has 3 rings (SSSR count). The van der Waals surface area contributed by atoms with E-state index in [1.165, 1.54) is 22.5 Å². The lowest BCUT2D eigenvalue weighted by atomic mass is 10.1. The molecule has 0 aliphatic rings. The van der Waals surface area contributed by atoms with E-state index in [1.807, 2.05) is 23.6 Å². The van der Waals surface area contributed by atoms with Crippen molar-refractivity contribution in [1.29, 1.82) is 0 Å². The van der Waals surface area contributed by atoms with Crippen molar-refractivity contribution < 1.29 is 9.59 Å². The van der Waals surface area contributed by atoms with Gasteiger partial charge in [0.25, 0.3) is 11.8 Å². The van der Waals surface area contributed by atoms with Crippen LogP contribution in [0.5, 0.6) is 0 Å². The van der Waals surface area contributed by atoms with Gasteiger partial charge in [-0.15, -0.1) is 11.3 Å². The van der Waals surface area contributed by atoms with Crippen molar-refractivity contribution in [2.75, 3.05) is 6.54 Å². The molecule has 5 heteroatoms. The van der Waals surface area contributed by atoms with Gasteiger partial charge in [-0.2, -0.15) is 0 Å². The molecule has 2 amide bonds. The van der Waals surface area contributed by atoms with Crippen LogP contribution in [0.4, 0.5) is 0 Å². The lowest BCUT2D eigenvalue weighted by molar-refractivity contribution is -0.117. The van der Waals surface area contributed by atoms with Gasteiger partial charge in [0.05, 0.1) is 0 Å². The Morgan fingerprint density at radius 1 is 0.966 bits per heavy atom. The highest BCUT2D eigenvalue weighted by Gasteiger charge is 2.14. The normalized spacial score (nSPS) is 11.1. The van der Waals surface area contributed by atoms with Gasteiger partial charge in [-0.3, -0.25) is 9.59 Å². The standard InChI is InChI=1S/C24H24N2O2S/c1-18-11-13-19(14-12-18)7-5-15-25-24(28)22(17-21-10-6-16-29-21)26-23(27)20-8-3-2-4-9-20/h2-4,6,8-14,16-17H,5,7,15H2,1H3,(H,25,28)(H,26,27)/b22-17-. The van der Waals surface area contributed by atoms with E-state index >= 15 is 0 Å². The number of hydrogen-bond donors (Lipinski definition) is 2. The molecule has 2 aromatic carbocycles. The zero-order chi connectivity index (χ0) is 20.5. The van der Waals surface area contributed by atoms with E-state index in [2.05, 4.69) is 41.8 Å². The fourth-order valence-corrected chi connectivity index (χ4v) is 3.46. The Balaban J connectivity index is 1.60. The lowest BCUT2D eigenvalue weighted by Crippen LogP contribution is -2.35. The highest BCUT2D eigenvalue weighted by Crippen LogP contribution is 2.13. The van der Waals surface area contributed by atoms with E-state index in [1.54, 1.807) is 30.3 Å². The van der Waals surface area contributed by atoms with Crippen LogP contribution in [0.25, 0.3) is 6.08 Å². The number of aryl methyl sites for hydroxylation is 2. The monoisotopic (exact) mass is 404 g/mol. The van der Waals surface area contributed by atoms with E-state index in [-0.39, 0.29) is 17.5 Å². The average molecular weight is 405 g/mol. The van der Waals surface area contributed by atoms with Crippen LogP contribution in [0.15, 0.2) is 77.8 Å². The van der Waals surface area contributed by atoms with Crippen LogP contribution in [0, 0.1) is 6.92 Å². The summed E-state index contributed by atoms with van der Waals surface area (Å²) in [6.45, 7) is 2.60. The predicted octanol–water partition coefficient (Wildman–Crippen LogP) is 4.58. The Morgan fingerprint density at radius 3 is 2.41 bits per heavy atom. The molecule has 148 valence electrons. The smallest absolute Gasteiger partial charge is 0.267 e. The van der Waals surface area contributed by atoms with E-state index in [0.717, 1.165) is 17.7 Å². The van der Waals surface area contributed by atoms with Crippen molar-refractivity contribution in [1.82, 2.24) is 10.6 Å². The number of rotatable bonds is 8. The molecule has 0 unspecified atom stereocenters. The van der Waals surface area contributed by atoms with Crippen LogP contribution in [0.3, 0.4) is 0 Å². The van der Waals surface area contributed by atoms with Crippen LogP contribution in [0.2, 0.25) is 0 Å². The second-order valence-electron chi connectivity index (χ2n) is 6.74. The maximum absolute atomic E-state index is 12.7. The maximum atomic E-state index is 12.7. The summed E-state index contributed by atoms with van der Waals surface area (Å²) < 4.78 is 0. The first kappa shape index (κ1) is 20.6. The molecular weight excluding hydrogens is 380 g/mol. The Kier molecular flexibility index (Phi) is 7.36. The first-order valence-corrected chi connectivity index (χ1v) is 10.4. The van der Waals surface area contributed by atoms with Gasteiger partial charge in [-0.05, 0) is 55.0 Å². The molecule has 0 radical (unpaired) electrons. The average Bonchev–Trinajstić information content (AvgIpc) is 3.25. The summed E-state index contributed by atoms with van der Waals surface area (Å²) in [5.41, 5.74) is 3.24. The molecule has 0 fully saturated rings. The quantitative estimate of drug-likeness (QED) is 0.427. The number of benzene rings is 2. The summed E-state index contributed by atoms with van der Waals surface area (Å²) in [4.78, 5) is 26.1. The molecule has 0 aliphatic carbocycles. The summed E-state index contributed by atoms with van der Waals surface area (Å²) in [6.07, 6.45) is 3.43. The molecule has 0 saturated carbocycles. The Labute approximate surface area is 175 Å². The number of amides is 2. The van der Waals surface area contributed by atoms with Crippen molar-refractivity contribution >= 4 is 29.2 Å². The molecule has 2 N–H and O–H groups in total. The Morgan fingerprint density at radius 2 is 1.72 bits per heavy atom. The number of thiophene rings is 1. The van der Waals surface area contributed by atoms with Crippen LogP contribution < -0.4 is 10.6 Å². The zero-order valence-electron chi connectivity index (χ0n) is 16.4. The van der Waals surface area contributed by atoms with Crippen molar-refractivity contribution in [3.63, 3.8) is 0 Å². The van der Waals surface area contributed by atoms with Crippen molar-refractivity contribution in [2.45, 2.75) is 19.8 Å². The van der Waals surface area contributed by atoms with E-state index in [4.69, 9.17) is 0 Å². The molecule has 0 bridgehead atoms. The molecule has 1 aromatic heterocycles. The van der Waals surface area contributed by atoms with Gasteiger partial charge in [-0.1, -0.05) is 54.1 Å². The fraction of sp³-hybridized carbons (Fsp3) is 0.167. The first-order chi connectivity index (χ1) is 14.1. The van der Waals surface area contributed by atoms with Crippen molar-refractivity contribution in [3.05, 3.63) is 99.4 Å². The van der Waals surface area contributed by atoms with E-state index in [9.17, 15) is 9.59 Å². The van der Waals surface area contributed by atoms with Crippen molar-refractivity contribution in [2.24, 2.45) is 0 Å². The number of carbonyl (C=O) groups excluding carboxylic acids is 2. The van der Waals surface area contributed by atoms with Gasteiger partial charge < -0.3 is 10.6 Å². The number of hydrogen-bond acceptors (Lipinski definition) is 3. The summed E-state index contributed by atoms with van der Waals surface area (Å²) in [5, 5.41) is 7.60. The van der Waals surface area contributed by atoms with Gasteiger partial charge in [0.2, 0.25) is 0 Å². The third-order valence-corrected chi connectivity index (χ3v) is 5.23. The van der Waals surface area contributed by atoms with Gasteiger partial charge in [0.1, 0.15) is 5.70 Å². The lowest BCUT2D eigenvalue weighted by Gasteiger charge is -2.11. The van der Waals surface area contributed by atoms with E-state index in [0.29, 0.717) is 12.1 Å². The minimum atomic E-state index is -0.303. The number of carbonyl (C=O) groups is 2. The van der Waals surface area contributed by atoms with Gasteiger partial charge in [0, 0.05) is 17.0 Å². The Hall–Kier alpha value is -3.18. The molecule has 4 nitrogen and oxygen atoms in total. The largest absolute Gasteiger partial charge is 0.351 e. The van der Waals surface area contributed by atoms with E-state index < -0.39 is 0 Å². The van der Waals surface area contributed by atoms with Crippen LogP contribution in [-0.4, -0.2) is 18.4 Å². The molecule has 0 aliphatic heterocycles. The van der Waals surface area contributed by atoms with Gasteiger partial charge in [0.15, 0.2) is 0 Å². The summed E-state index contributed by atoms with van der Waals surface area (Å²) >= 11 is 1.51. The summed E-state index contributed by atoms with van der Waals surface area (Å²) in [5.74, 6) is -0.588. The molecule has 1 heterocycles. The minimum absolute atomic E-state index is 0.247. The minimum Gasteiger partial charge on any atom is -0.351 e. The van der Waals surface area contributed by atoms with Gasteiger partial charge in [-0.25, -0.2) is 0 Å². The van der Waals surface area contributed by atoms with Crippen LogP contribution >= 0.6 is 11.3 Å². The summed E-state index contributed by atoms with van der Waals surface area (Å²) in [7, 11) is 0. The predicted molar refractivity (Wildman–Crippen MR) is 119 cm³/mol. The third kappa shape index (κ3) is 6.43.